The molecule has 0 heterocycles. The Bertz CT molecular complexity index is 4370. The molecule has 0 unspecified atom stereocenters. The molecular weight excluding hydrogens is 1160 g/mol. The molecule has 13 aromatic rings. The topological polar surface area (TPSA) is 9.72 Å². The van der Waals surface area contributed by atoms with Crippen LogP contribution in [0.2, 0.25) is 0 Å². The van der Waals surface area contributed by atoms with Gasteiger partial charge in [-0.05, 0) is 272 Å². The molecule has 0 saturated heterocycles. The monoisotopic (exact) mass is 1240 g/mol. The van der Waals surface area contributed by atoms with Crippen LogP contribution >= 0.6 is 0 Å². The lowest BCUT2D eigenvalue weighted by Crippen LogP contribution is -2.13. The van der Waals surface area contributed by atoms with Gasteiger partial charge in [-0.15, -0.1) is 0 Å². The minimum atomic E-state index is 1.09. The van der Waals surface area contributed by atoms with Gasteiger partial charge in [-0.25, -0.2) is 0 Å². The van der Waals surface area contributed by atoms with Crippen LogP contribution in [0, 0.1) is 62.3 Å². The summed E-state index contributed by atoms with van der Waals surface area (Å²) in [6.07, 6.45) is 7.12. The highest BCUT2D eigenvalue weighted by molar-refractivity contribution is 6.00. The molecule has 13 aromatic carbocycles. The Hall–Kier alpha value is -11.5. The first-order valence-electron chi connectivity index (χ1n) is 33.4. The van der Waals surface area contributed by atoms with E-state index in [1.165, 1.54) is 67.1 Å². The zero-order chi connectivity index (χ0) is 66.2. The van der Waals surface area contributed by atoms with Gasteiger partial charge in [-0.2, -0.15) is 0 Å². The molecule has 0 aliphatic carbocycles. The summed E-state index contributed by atoms with van der Waals surface area (Å²) in [5, 5.41) is 0. The molecule has 13 rings (SSSR count). The molecule has 0 aromatic heterocycles. The molecule has 468 valence electrons. The van der Waals surface area contributed by atoms with Crippen molar-refractivity contribution in [1.82, 2.24) is 0 Å². The van der Waals surface area contributed by atoms with Crippen LogP contribution < -0.4 is 14.7 Å². The van der Waals surface area contributed by atoms with Crippen LogP contribution in [0.4, 0.5) is 51.2 Å². The lowest BCUT2D eigenvalue weighted by atomic mass is 9.85. The maximum atomic E-state index is 2.41. The van der Waals surface area contributed by atoms with Crippen molar-refractivity contribution in [3.05, 3.63) is 410 Å². The number of benzene rings is 13. The molecule has 0 fully saturated rings. The zero-order valence-corrected chi connectivity index (χ0v) is 56.5. The van der Waals surface area contributed by atoms with Crippen molar-refractivity contribution in [3.8, 4) is 0 Å². The van der Waals surface area contributed by atoms with Gasteiger partial charge in [0.25, 0.3) is 0 Å². The minimum Gasteiger partial charge on any atom is -0.310 e. The van der Waals surface area contributed by atoms with Crippen molar-refractivity contribution in [2.24, 2.45) is 0 Å². The van der Waals surface area contributed by atoms with Gasteiger partial charge in [0.05, 0.1) is 17.1 Å². The molecule has 3 nitrogen and oxygen atoms in total. The number of hydrogen-bond donors (Lipinski definition) is 0. The summed E-state index contributed by atoms with van der Waals surface area (Å²) < 4.78 is 0. The van der Waals surface area contributed by atoms with E-state index in [1.54, 1.807) is 0 Å². The van der Waals surface area contributed by atoms with Crippen LogP contribution in [-0.4, -0.2) is 0 Å². The fourth-order valence-corrected chi connectivity index (χ4v) is 14.1. The predicted octanol–water partition coefficient (Wildman–Crippen LogP) is 25.6. The van der Waals surface area contributed by atoms with Crippen molar-refractivity contribution >= 4 is 86.1 Å². The molecule has 3 heteroatoms. The van der Waals surface area contributed by atoms with Crippen LogP contribution in [-0.2, 0) is 0 Å². The Morgan fingerprint density at radius 2 is 0.385 bits per heavy atom. The second kappa shape index (κ2) is 28.4. The third kappa shape index (κ3) is 13.9. The van der Waals surface area contributed by atoms with Gasteiger partial charge in [0.1, 0.15) is 0 Å². The van der Waals surface area contributed by atoms with Gasteiger partial charge in [0, 0.05) is 34.1 Å². The third-order valence-electron chi connectivity index (χ3n) is 18.1. The predicted molar refractivity (Wildman–Crippen MR) is 413 cm³/mol. The van der Waals surface area contributed by atoms with E-state index in [2.05, 4.69) is 405 Å². The lowest BCUT2D eigenvalue weighted by Gasteiger charge is -2.29. The van der Waals surface area contributed by atoms with Crippen molar-refractivity contribution < 1.29 is 0 Å². The summed E-state index contributed by atoms with van der Waals surface area (Å²) in [4.78, 5) is 7.20. The average Bonchev–Trinajstić information content (AvgIpc) is 0.803. The van der Waals surface area contributed by atoms with Crippen molar-refractivity contribution in [2.45, 2.75) is 62.3 Å². The van der Waals surface area contributed by atoms with Gasteiger partial charge in [0.15, 0.2) is 0 Å². The summed E-state index contributed by atoms with van der Waals surface area (Å²) in [6.45, 7) is 19.9. The minimum absolute atomic E-state index is 1.09. The molecule has 0 amide bonds. The molecule has 96 heavy (non-hydrogen) atoms. The maximum Gasteiger partial charge on any atom is 0.0520 e. The van der Waals surface area contributed by atoms with Gasteiger partial charge in [0.2, 0.25) is 0 Å². The summed E-state index contributed by atoms with van der Waals surface area (Å²) in [6, 6.07) is 113. The second-order valence-electron chi connectivity index (χ2n) is 25.6. The number of aryl methyl sites for hydroxylation is 9. The lowest BCUT2D eigenvalue weighted by molar-refractivity contribution is 1.20. The normalized spacial score (nSPS) is 11.8. The van der Waals surface area contributed by atoms with Crippen LogP contribution in [0.3, 0.4) is 0 Å². The highest BCUT2D eigenvalue weighted by atomic mass is 15.2. The van der Waals surface area contributed by atoms with E-state index >= 15 is 0 Å². The molecule has 0 saturated carbocycles. The summed E-state index contributed by atoms with van der Waals surface area (Å²) in [5.41, 5.74) is 34.6. The fraction of sp³-hybridized carbons (Fsp3) is 0.0968. The number of hydrogen-bond acceptors (Lipinski definition) is 3. The van der Waals surface area contributed by atoms with Crippen LogP contribution in [0.1, 0.15) is 100 Å². The Morgan fingerprint density at radius 1 is 0.198 bits per heavy atom. The van der Waals surface area contributed by atoms with E-state index in [0.29, 0.717) is 0 Å². The Kier molecular flexibility index (Phi) is 18.7. The number of rotatable bonds is 18. The van der Waals surface area contributed by atoms with E-state index in [-0.39, 0.29) is 0 Å². The molecule has 0 aliphatic rings. The quantitative estimate of drug-likeness (QED) is 0.0793. The molecule has 0 bridgehead atoms. The molecule has 0 atom stereocenters. The maximum absolute atomic E-state index is 2.41. The third-order valence-corrected chi connectivity index (χ3v) is 18.1. The van der Waals surface area contributed by atoms with E-state index in [0.717, 1.165) is 101 Å². The Morgan fingerprint density at radius 3 is 0.594 bits per heavy atom. The highest BCUT2D eigenvalue weighted by Crippen LogP contribution is 2.44. The van der Waals surface area contributed by atoms with Crippen LogP contribution in [0.25, 0.3) is 34.9 Å². The molecule has 0 N–H and O–H groups in total. The van der Waals surface area contributed by atoms with E-state index in [1.807, 2.05) is 0 Å². The number of para-hydroxylation sites is 3. The fourth-order valence-electron chi connectivity index (χ4n) is 14.1. The highest BCUT2D eigenvalue weighted by Gasteiger charge is 2.23. The van der Waals surface area contributed by atoms with E-state index < -0.39 is 0 Å². The molecule has 0 aliphatic heterocycles. The van der Waals surface area contributed by atoms with Crippen molar-refractivity contribution in [1.29, 1.82) is 0 Å². The summed E-state index contributed by atoms with van der Waals surface area (Å²) in [5.74, 6) is 0. The molecular formula is C93H81N3. The summed E-state index contributed by atoms with van der Waals surface area (Å²) >= 11 is 0. The number of nitrogens with zero attached hydrogens (tertiary/aromatic N) is 3. The first-order valence-corrected chi connectivity index (χ1v) is 33.4. The van der Waals surface area contributed by atoms with Gasteiger partial charge in [-0.3, -0.25) is 0 Å². The number of anilines is 9. The Labute approximate surface area is 569 Å². The van der Waals surface area contributed by atoms with E-state index in [9.17, 15) is 0 Å². The van der Waals surface area contributed by atoms with Gasteiger partial charge in [-0.1, -0.05) is 235 Å². The largest absolute Gasteiger partial charge is 0.310 e. The van der Waals surface area contributed by atoms with E-state index in [4.69, 9.17) is 0 Å². The second-order valence-corrected chi connectivity index (χ2v) is 25.6. The smallest absolute Gasteiger partial charge is 0.0520 e. The standard InChI is InChI=1S/C93H81N3/c1-64-52-67(4)91(68(5)53-64)94(82-34-22-13-23-35-82)85-46-40-73(41-47-85)58-88(76-28-16-10-17-29-76)79-61-80(89(77-30-18-11-19-31-77)59-74-42-48-86(49-43-74)95(83-36-24-14-25-37-83)92-69(6)54-65(2)55-70(92)7)63-81(62-79)90(78-32-20-12-21-33-78)60-75-44-50-87(51-45-75)96(84-38-26-15-27-39-84)93-71(8)56-66(3)57-72(93)9/h10-63H,1-9H3/b88-58+,89-59+,90-60+. The Balaban J connectivity index is 1.00. The zero-order valence-electron chi connectivity index (χ0n) is 56.5. The van der Waals surface area contributed by atoms with Crippen LogP contribution in [0.15, 0.2) is 309 Å². The molecule has 0 spiro atoms. The van der Waals surface area contributed by atoms with Crippen LogP contribution in [0.5, 0.6) is 0 Å². The summed E-state index contributed by atoms with van der Waals surface area (Å²) in [7, 11) is 0. The first kappa shape index (κ1) is 63.2. The van der Waals surface area contributed by atoms with Crippen molar-refractivity contribution in [2.75, 3.05) is 14.7 Å². The average molecular weight is 1240 g/mol. The van der Waals surface area contributed by atoms with Gasteiger partial charge >= 0.3 is 0 Å². The van der Waals surface area contributed by atoms with Gasteiger partial charge < -0.3 is 14.7 Å². The van der Waals surface area contributed by atoms with Crippen molar-refractivity contribution in [3.63, 3.8) is 0 Å². The molecule has 0 radical (unpaired) electrons. The SMILES string of the molecule is Cc1cc(C)c(N(c2ccccc2)c2ccc(/C=C(\c3ccccc3)c3cc(/C(=C/c4ccc(N(c5ccccc5)c5c(C)cc(C)cc5C)cc4)c4ccccc4)cc(/C(=C/c4ccc(N(c5ccccc5)c5c(C)cc(C)cc5C)cc4)c4ccccc4)c3)cc2)c(C)c1. The first-order chi connectivity index (χ1) is 46.8.